The van der Waals surface area contributed by atoms with E-state index in [2.05, 4.69) is 21.8 Å². The summed E-state index contributed by atoms with van der Waals surface area (Å²) in [5.74, 6) is 1.49. The molecule has 2 fully saturated rings. The summed E-state index contributed by atoms with van der Waals surface area (Å²) < 4.78 is 0. The molecule has 4 rings (SSSR count). The minimum Gasteiger partial charge on any atom is -0.357 e. The molecule has 0 spiro atoms. The summed E-state index contributed by atoms with van der Waals surface area (Å²) in [4.78, 5) is 7.02. The van der Waals surface area contributed by atoms with Crippen molar-refractivity contribution >= 4 is 28.3 Å². The second-order valence-corrected chi connectivity index (χ2v) is 7.30. The van der Waals surface area contributed by atoms with E-state index in [1.165, 1.54) is 0 Å². The molecular weight excluding hydrogens is 336 g/mol. The second-order valence-electron chi connectivity index (χ2n) is 6.86. The fourth-order valence-electron chi connectivity index (χ4n) is 3.89. The maximum atomic E-state index is 9.49. The normalized spacial score (nSPS) is 24.6. The lowest BCUT2D eigenvalue weighted by molar-refractivity contribution is 0.310. The molecule has 4 N–H and O–H groups in total. The summed E-state index contributed by atoms with van der Waals surface area (Å²) in [5, 5.41) is 10.9. The van der Waals surface area contributed by atoms with Gasteiger partial charge in [0.15, 0.2) is 0 Å². The summed E-state index contributed by atoms with van der Waals surface area (Å²) in [6, 6.07) is 10.1. The number of piperidine rings is 1. The number of hydrogen-bond donors (Lipinski definition) is 3. The van der Waals surface area contributed by atoms with Crippen LogP contribution in [-0.4, -0.2) is 30.3 Å². The molecular formula is C18H21ClN6. The number of fused-ring (bicyclic) bond motifs is 1. The largest absolute Gasteiger partial charge is 0.357 e. The van der Waals surface area contributed by atoms with Crippen molar-refractivity contribution in [2.75, 3.05) is 18.0 Å². The molecule has 2 aromatic rings. The van der Waals surface area contributed by atoms with Gasteiger partial charge in [-0.2, -0.15) is 5.26 Å². The van der Waals surface area contributed by atoms with Crippen LogP contribution in [0.25, 0.3) is 10.9 Å². The predicted octanol–water partition coefficient (Wildman–Crippen LogP) is 2.13. The number of nitriles is 1. The van der Waals surface area contributed by atoms with Crippen LogP contribution in [0.15, 0.2) is 24.3 Å². The van der Waals surface area contributed by atoms with Crippen molar-refractivity contribution in [2.45, 2.75) is 31.5 Å². The molecule has 2 aliphatic heterocycles. The summed E-state index contributed by atoms with van der Waals surface area (Å²) >= 11 is 6.06. The van der Waals surface area contributed by atoms with E-state index >= 15 is 0 Å². The van der Waals surface area contributed by atoms with Crippen molar-refractivity contribution < 1.29 is 0 Å². The highest BCUT2D eigenvalue weighted by Crippen LogP contribution is 2.30. The highest BCUT2D eigenvalue weighted by Gasteiger charge is 2.31. The molecule has 1 aromatic carbocycles. The first-order valence-electron chi connectivity index (χ1n) is 8.66. The molecule has 2 aliphatic rings. The smallest absolute Gasteiger partial charge is 0.130 e. The number of benzene rings is 1. The summed E-state index contributed by atoms with van der Waals surface area (Å²) in [6.45, 7) is 1.88. The maximum absolute atomic E-state index is 9.49. The molecule has 6 nitrogen and oxygen atoms in total. The van der Waals surface area contributed by atoms with Crippen LogP contribution in [0.2, 0.25) is 5.02 Å². The van der Waals surface area contributed by atoms with Crippen LogP contribution in [0.1, 0.15) is 24.8 Å². The van der Waals surface area contributed by atoms with Gasteiger partial charge < -0.3 is 10.6 Å². The van der Waals surface area contributed by atoms with E-state index in [-0.39, 0.29) is 6.17 Å². The monoisotopic (exact) mass is 356 g/mol. The van der Waals surface area contributed by atoms with Gasteiger partial charge in [0.25, 0.3) is 0 Å². The van der Waals surface area contributed by atoms with Crippen molar-refractivity contribution in [1.82, 2.24) is 15.8 Å². The van der Waals surface area contributed by atoms with Crippen LogP contribution in [0.5, 0.6) is 0 Å². The number of hydrazine groups is 1. The quantitative estimate of drug-likeness (QED) is 0.763. The lowest BCUT2D eigenvalue weighted by Gasteiger charge is -2.35. The fourth-order valence-corrected chi connectivity index (χ4v) is 4.06. The third kappa shape index (κ3) is 3.29. The highest BCUT2D eigenvalue weighted by molar-refractivity contribution is 6.31. The number of nitrogens with one attached hydrogen (secondary N) is 2. The zero-order valence-corrected chi connectivity index (χ0v) is 14.6. The first kappa shape index (κ1) is 16.6. The van der Waals surface area contributed by atoms with Crippen molar-refractivity contribution in [3.63, 3.8) is 0 Å². The molecule has 3 heterocycles. The topological polar surface area (TPSA) is 90.0 Å². The van der Waals surface area contributed by atoms with Crippen molar-refractivity contribution in [3.8, 4) is 6.07 Å². The zero-order valence-electron chi connectivity index (χ0n) is 13.9. The lowest BCUT2D eigenvalue weighted by Crippen LogP contribution is -2.43. The summed E-state index contributed by atoms with van der Waals surface area (Å²) in [6.07, 6.45) is 3.20. The van der Waals surface area contributed by atoms with E-state index in [0.29, 0.717) is 22.5 Å². The van der Waals surface area contributed by atoms with E-state index in [1.807, 2.05) is 18.2 Å². The average molecular weight is 357 g/mol. The number of anilines is 1. The number of hydrogen-bond acceptors (Lipinski definition) is 6. The van der Waals surface area contributed by atoms with Gasteiger partial charge in [-0.15, -0.1) is 0 Å². The number of nitrogens with zero attached hydrogens (tertiary/aromatic N) is 3. The zero-order chi connectivity index (χ0) is 17.4. The van der Waals surface area contributed by atoms with Crippen LogP contribution in [0.3, 0.4) is 0 Å². The van der Waals surface area contributed by atoms with E-state index in [9.17, 15) is 5.26 Å². The predicted molar refractivity (Wildman–Crippen MR) is 99.1 cm³/mol. The van der Waals surface area contributed by atoms with Gasteiger partial charge in [0, 0.05) is 29.5 Å². The van der Waals surface area contributed by atoms with Gasteiger partial charge in [-0.3, -0.25) is 5.43 Å². The second kappa shape index (κ2) is 6.77. The average Bonchev–Trinajstić information content (AvgIpc) is 3.07. The Hall–Kier alpha value is -1.91. The standard InChI is InChI=1S/C18H21ClN6/c19-13-1-2-15-14(8-13)12(10-20)7-18(22-15)25-5-3-11(4-6-25)16-9-17(21)24-23-16/h1-2,7-8,11,16-17,23-24H,3-6,9,21H2. The Morgan fingerprint density at radius 3 is 2.72 bits per heavy atom. The number of halogens is 1. The third-order valence-electron chi connectivity index (χ3n) is 5.27. The Balaban J connectivity index is 1.53. The Morgan fingerprint density at radius 1 is 1.24 bits per heavy atom. The number of rotatable bonds is 2. The lowest BCUT2D eigenvalue weighted by atomic mass is 9.88. The molecule has 130 valence electrons. The molecule has 0 amide bonds. The SMILES string of the molecule is N#Cc1cc(N2CCC(C3CC(N)NN3)CC2)nc2ccc(Cl)cc12. The molecule has 2 unspecified atom stereocenters. The Bertz CT molecular complexity index is 824. The van der Waals surface area contributed by atoms with E-state index < -0.39 is 0 Å². The van der Waals surface area contributed by atoms with Gasteiger partial charge in [-0.05, 0) is 49.4 Å². The molecule has 0 radical (unpaired) electrons. The van der Waals surface area contributed by atoms with Gasteiger partial charge in [0.1, 0.15) is 5.82 Å². The fraction of sp³-hybridized carbons (Fsp3) is 0.444. The molecule has 7 heteroatoms. The first-order chi connectivity index (χ1) is 12.1. The summed E-state index contributed by atoms with van der Waals surface area (Å²) in [5.41, 5.74) is 13.8. The van der Waals surface area contributed by atoms with E-state index in [1.54, 1.807) is 6.07 Å². The number of aromatic nitrogens is 1. The molecule has 0 aliphatic carbocycles. The molecule has 0 bridgehead atoms. The molecule has 0 saturated carbocycles. The minimum atomic E-state index is 0.0511. The Kier molecular flexibility index (Phi) is 4.48. The van der Waals surface area contributed by atoms with Crippen LogP contribution in [0, 0.1) is 17.2 Å². The van der Waals surface area contributed by atoms with Gasteiger partial charge in [-0.1, -0.05) is 11.6 Å². The van der Waals surface area contributed by atoms with Crippen LogP contribution in [-0.2, 0) is 0 Å². The molecule has 2 saturated heterocycles. The Morgan fingerprint density at radius 2 is 2.04 bits per heavy atom. The highest BCUT2D eigenvalue weighted by atomic mass is 35.5. The number of nitrogens with two attached hydrogens (primary N) is 1. The molecule has 25 heavy (non-hydrogen) atoms. The first-order valence-corrected chi connectivity index (χ1v) is 9.04. The number of pyridine rings is 1. The van der Waals surface area contributed by atoms with Gasteiger partial charge in [0.05, 0.1) is 23.3 Å². The van der Waals surface area contributed by atoms with Gasteiger partial charge in [-0.25, -0.2) is 10.4 Å². The van der Waals surface area contributed by atoms with Crippen LogP contribution >= 0.6 is 11.6 Å². The van der Waals surface area contributed by atoms with Gasteiger partial charge >= 0.3 is 0 Å². The Labute approximate surface area is 151 Å². The third-order valence-corrected chi connectivity index (χ3v) is 5.51. The maximum Gasteiger partial charge on any atom is 0.130 e. The molecule has 2 atom stereocenters. The summed E-state index contributed by atoms with van der Waals surface area (Å²) in [7, 11) is 0. The minimum absolute atomic E-state index is 0.0511. The van der Waals surface area contributed by atoms with E-state index in [4.69, 9.17) is 22.3 Å². The van der Waals surface area contributed by atoms with Crippen molar-refractivity contribution in [1.29, 1.82) is 5.26 Å². The molecule has 1 aromatic heterocycles. The van der Waals surface area contributed by atoms with Crippen molar-refractivity contribution in [2.24, 2.45) is 11.7 Å². The van der Waals surface area contributed by atoms with Gasteiger partial charge in [0.2, 0.25) is 0 Å². The van der Waals surface area contributed by atoms with Crippen LogP contribution in [0.4, 0.5) is 5.82 Å². The van der Waals surface area contributed by atoms with Crippen LogP contribution < -0.4 is 21.5 Å². The van der Waals surface area contributed by atoms with E-state index in [0.717, 1.165) is 49.1 Å². The van der Waals surface area contributed by atoms with Crippen molar-refractivity contribution in [3.05, 3.63) is 34.9 Å².